The Kier molecular flexibility index (Phi) is 5.86. The van der Waals surface area contributed by atoms with Crippen molar-refractivity contribution in [3.8, 4) is 29.1 Å². The van der Waals surface area contributed by atoms with E-state index < -0.39 is 0 Å². The van der Waals surface area contributed by atoms with E-state index in [4.69, 9.17) is 19.5 Å². The van der Waals surface area contributed by atoms with Crippen LogP contribution >= 0.6 is 0 Å². The molecule has 0 aromatic heterocycles. The second kappa shape index (κ2) is 8.29. The smallest absolute Gasteiger partial charge is 0.174 e. The lowest BCUT2D eigenvalue weighted by Gasteiger charge is -2.11. The Morgan fingerprint density at radius 3 is 2.54 bits per heavy atom. The first-order valence-corrected chi connectivity index (χ1v) is 6.99. The number of benzene rings is 2. The van der Waals surface area contributed by atoms with Gasteiger partial charge in [-0.15, -0.1) is 0 Å². The minimum atomic E-state index is -0.146. The molecule has 0 aliphatic carbocycles. The van der Waals surface area contributed by atoms with Crippen LogP contribution < -0.4 is 14.2 Å². The molecular formula is C17H16N2O5. The molecule has 0 aliphatic heterocycles. The molecule has 24 heavy (non-hydrogen) atoms. The first-order valence-electron chi connectivity index (χ1n) is 6.99. The zero-order valence-corrected chi connectivity index (χ0v) is 13.0. The SMILES string of the molecule is COc1cccc(OCC(=NO)c2ccc(OCC#N)cc2O)c1. The van der Waals surface area contributed by atoms with Crippen LogP contribution in [0.2, 0.25) is 0 Å². The molecule has 0 saturated carbocycles. The van der Waals surface area contributed by atoms with Gasteiger partial charge in [-0.3, -0.25) is 0 Å². The average Bonchev–Trinajstić information content (AvgIpc) is 2.62. The van der Waals surface area contributed by atoms with Crippen molar-refractivity contribution in [2.45, 2.75) is 0 Å². The zero-order chi connectivity index (χ0) is 17.4. The molecule has 124 valence electrons. The summed E-state index contributed by atoms with van der Waals surface area (Å²) in [5.41, 5.74) is 0.437. The van der Waals surface area contributed by atoms with E-state index in [0.717, 1.165) is 0 Å². The molecule has 0 bridgehead atoms. The molecule has 0 fully saturated rings. The number of aromatic hydroxyl groups is 1. The quantitative estimate of drug-likeness (QED) is 0.460. The molecule has 0 heterocycles. The van der Waals surface area contributed by atoms with Crippen molar-refractivity contribution in [2.24, 2.45) is 5.16 Å². The lowest BCUT2D eigenvalue weighted by atomic mass is 10.1. The third-order valence-electron chi connectivity index (χ3n) is 3.12. The second-order valence-corrected chi connectivity index (χ2v) is 4.64. The minimum Gasteiger partial charge on any atom is -0.507 e. The summed E-state index contributed by atoms with van der Waals surface area (Å²) in [7, 11) is 1.55. The standard InChI is InChI=1S/C17H16N2O5/c1-22-12-3-2-4-13(9-12)24-11-16(19-21)15-6-5-14(10-17(15)20)23-8-7-18/h2-6,9-10,20-21H,8,11H2,1H3. The van der Waals surface area contributed by atoms with E-state index in [1.54, 1.807) is 37.4 Å². The highest BCUT2D eigenvalue weighted by atomic mass is 16.5. The average molecular weight is 328 g/mol. The van der Waals surface area contributed by atoms with Crippen molar-refractivity contribution in [1.29, 1.82) is 5.26 Å². The second-order valence-electron chi connectivity index (χ2n) is 4.64. The van der Waals surface area contributed by atoms with Crippen LogP contribution in [0.15, 0.2) is 47.6 Å². The monoisotopic (exact) mass is 328 g/mol. The number of oxime groups is 1. The summed E-state index contributed by atoms with van der Waals surface area (Å²) in [6, 6.07) is 13.2. The van der Waals surface area contributed by atoms with Crippen molar-refractivity contribution in [3.63, 3.8) is 0 Å². The minimum absolute atomic E-state index is 0.0599. The maximum absolute atomic E-state index is 10.0. The summed E-state index contributed by atoms with van der Waals surface area (Å²) < 4.78 is 15.7. The third-order valence-corrected chi connectivity index (χ3v) is 3.12. The molecule has 0 unspecified atom stereocenters. The van der Waals surface area contributed by atoms with Gasteiger partial charge in [0.05, 0.1) is 7.11 Å². The molecule has 2 aromatic rings. The lowest BCUT2D eigenvalue weighted by Crippen LogP contribution is -2.13. The van der Waals surface area contributed by atoms with Gasteiger partial charge in [-0.1, -0.05) is 11.2 Å². The predicted molar refractivity (Wildman–Crippen MR) is 86.0 cm³/mol. The van der Waals surface area contributed by atoms with Gasteiger partial charge in [-0.2, -0.15) is 5.26 Å². The number of phenols is 1. The fourth-order valence-corrected chi connectivity index (χ4v) is 1.96. The highest BCUT2D eigenvalue weighted by Crippen LogP contribution is 2.25. The first-order chi connectivity index (χ1) is 11.7. The molecule has 2 rings (SSSR count). The van der Waals surface area contributed by atoms with Gasteiger partial charge in [0.25, 0.3) is 0 Å². The van der Waals surface area contributed by atoms with Gasteiger partial charge >= 0.3 is 0 Å². The van der Waals surface area contributed by atoms with Crippen LogP contribution in [-0.2, 0) is 0 Å². The summed E-state index contributed by atoms with van der Waals surface area (Å²) in [4.78, 5) is 0. The van der Waals surface area contributed by atoms with E-state index in [9.17, 15) is 10.3 Å². The molecule has 0 spiro atoms. The molecule has 2 N–H and O–H groups in total. The van der Waals surface area contributed by atoms with Gasteiger partial charge < -0.3 is 24.5 Å². The Bertz CT molecular complexity index is 768. The van der Waals surface area contributed by atoms with Crippen LogP contribution in [0.4, 0.5) is 0 Å². The van der Waals surface area contributed by atoms with E-state index in [-0.39, 0.29) is 24.7 Å². The molecule has 0 amide bonds. The van der Waals surface area contributed by atoms with Gasteiger partial charge in [0.15, 0.2) is 6.61 Å². The van der Waals surface area contributed by atoms with E-state index in [1.807, 2.05) is 6.07 Å². The summed E-state index contributed by atoms with van der Waals surface area (Å²) in [6.45, 7) is -0.186. The normalized spacial score (nSPS) is 10.8. The number of rotatable bonds is 7. The summed E-state index contributed by atoms with van der Waals surface area (Å²) in [5, 5.41) is 30.9. The third kappa shape index (κ3) is 4.30. The summed E-state index contributed by atoms with van der Waals surface area (Å²) in [6.07, 6.45) is 0. The molecule has 0 saturated heterocycles. The number of ether oxygens (including phenoxy) is 3. The van der Waals surface area contributed by atoms with Crippen LogP contribution in [0.1, 0.15) is 5.56 Å². The molecule has 2 aromatic carbocycles. The summed E-state index contributed by atoms with van der Waals surface area (Å²) >= 11 is 0. The van der Waals surface area contributed by atoms with Crippen molar-refractivity contribution < 1.29 is 24.5 Å². The molecular weight excluding hydrogens is 312 g/mol. The van der Waals surface area contributed by atoms with Crippen LogP contribution in [0.25, 0.3) is 0 Å². The van der Waals surface area contributed by atoms with Crippen LogP contribution in [0.3, 0.4) is 0 Å². The van der Waals surface area contributed by atoms with Crippen molar-refractivity contribution >= 4 is 5.71 Å². The predicted octanol–water partition coefficient (Wildman–Crippen LogP) is 2.56. The van der Waals surface area contributed by atoms with Gasteiger partial charge in [0.1, 0.15) is 41.4 Å². The Balaban J connectivity index is 2.10. The summed E-state index contributed by atoms with van der Waals surface area (Å²) in [5.74, 6) is 1.36. The number of nitrogens with zero attached hydrogens (tertiary/aromatic N) is 2. The highest BCUT2D eigenvalue weighted by molar-refractivity contribution is 6.03. The van der Waals surface area contributed by atoms with Crippen LogP contribution in [0, 0.1) is 11.3 Å². The van der Waals surface area contributed by atoms with E-state index in [0.29, 0.717) is 22.8 Å². The van der Waals surface area contributed by atoms with Gasteiger partial charge in [-0.05, 0) is 24.3 Å². The lowest BCUT2D eigenvalue weighted by molar-refractivity contribution is 0.307. The van der Waals surface area contributed by atoms with E-state index in [2.05, 4.69) is 5.16 Å². The van der Waals surface area contributed by atoms with Crippen molar-refractivity contribution in [2.75, 3.05) is 20.3 Å². The fourth-order valence-electron chi connectivity index (χ4n) is 1.96. The Hall–Kier alpha value is -3.40. The molecule has 7 heteroatoms. The first kappa shape index (κ1) is 17.0. The largest absolute Gasteiger partial charge is 0.507 e. The highest BCUT2D eigenvalue weighted by Gasteiger charge is 2.12. The molecule has 7 nitrogen and oxygen atoms in total. The number of hydrogen-bond donors (Lipinski definition) is 2. The van der Waals surface area contributed by atoms with Crippen LogP contribution in [-0.4, -0.2) is 36.3 Å². The van der Waals surface area contributed by atoms with Crippen LogP contribution in [0.5, 0.6) is 23.0 Å². The maximum atomic E-state index is 10.0. The van der Waals surface area contributed by atoms with E-state index >= 15 is 0 Å². The topological polar surface area (TPSA) is 104 Å². The van der Waals surface area contributed by atoms with Gasteiger partial charge in [0, 0.05) is 17.7 Å². The van der Waals surface area contributed by atoms with Gasteiger partial charge in [0.2, 0.25) is 0 Å². The van der Waals surface area contributed by atoms with Crippen molar-refractivity contribution in [3.05, 3.63) is 48.0 Å². The molecule has 0 atom stereocenters. The Morgan fingerprint density at radius 2 is 1.88 bits per heavy atom. The van der Waals surface area contributed by atoms with Crippen molar-refractivity contribution in [1.82, 2.24) is 0 Å². The molecule has 0 aliphatic rings. The maximum Gasteiger partial charge on any atom is 0.174 e. The Morgan fingerprint density at radius 1 is 1.12 bits per heavy atom. The Labute approximate surface area is 138 Å². The van der Waals surface area contributed by atoms with Gasteiger partial charge in [-0.25, -0.2) is 0 Å². The number of nitriles is 1. The van der Waals surface area contributed by atoms with E-state index in [1.165, 1.54) is 12.1 Å². The molecule has 0 radical (unpaired) electrons. The number of hydrogen-bond acceptors (Lipinski definition) is 7. The zero-order valence-electron chi connectivity index (χ0n) is 13.0. The fraction of sp³-hybridized carbons (Fsp3) is 0.176. The number of phenolic OH excluding ortho intramolecular Hbond substituents is 1. The number of methoxy groups -OCH3 is 1.